The fourth-order valence-electron chi connectivity index (χ4n) is 3.29. The highest BCUT2D eigenvalue weighted by Crippen LogP contribution is 2.22. The van der Waals surface area contributed by atoms with Gasteiger partial charge >= 0.3 is 0 Å². The summed E-state index contributed by atoms with van der Waals surface area (Å²) < 4.78 is 29.3. The van der Waals surface area contributed by atoms with Crippen molar-refractivity contribution in [3.63, 3.8) is 0 Å². The Labute approximate surface area is 205 Å². The zero-order chi connectivity index (χ0) is 24.7. The minimum atomic E-state index is -0.501. The molecule has 1 aromatic rings. The quantitative estimate of drug-likeness (QED) is 0.192. The van der Waals surface area contributed by atoms with Crippen molar-refractivity contribution in [2.45, 2.75) is 45.1 Å². The lowest BCUT2D eigenvalue weighted by atomic mass is 9.92. The minimum absolute atomic E-state index is 0.0676. The molecule has 0 amide bonds. The molecule has 0 fully saturated rings. The van der Waals surface area contributed by atoms with Crippen molar-refractivity contribution in [2.24, 2.45) is 5.41 Å². The SMILES string of the molecule is CC(OCCCCOCC(COCCCO)(COCCCO)COCCCO)c1ccccc1. The van der Waals surface area contributed by atoms with E-state index in [0.29, 0.717) is 78.7 Å². The van der Waals surface area contributed by atoms with Crippen LogP contribution in [-0.4, -0.2) is 94.6 Å². The molecular formula is C26H46O8. The number of aliphatic hydroxyl groups is 3. The highest BCUT2D eigenvalue weighted by atomic mass is 16.5. The Hall–Kier alpha value is -1.10. The number of unbranched alkanes of at least 4 members (excludes halogenated alkanes) is 1. The van der Waals surface area contributed by atoms with E-state index in [1.807, 2.05) is 18.2 Å². The van der Waals surface area contributed by atoms with Gasteiger partial charge in [-0.25, -0.2) is 0 Å². The van der Waals surface area contributed by atoms with Crippen LogP contribution in [0.4, 0.5) is 0 Å². The predicted octanol–water partition coefficient (Wildman–Crippen LogP) is 2.74. The van der Waals surface area contributed by atoms with Gasteiger partial charge in [0, 0.05) is 52.9 Å². The molecule has 0 aliphatic carbocycles. The Morgan fingerprint density at radius 2 is 1.03 bits per heavy atom. The molecule has 3 N–H and O–H groups in total. The van der Waals surface area contributed by atoms with Crippen LogP contribution in [0.25, 0.3) is 0 Å². The lowest BCUT2D eigenvalue weighted by Gasteiger charge is -2.33. The van der Waals surface area contributed by atoms with Gasteiger partial charge in [-0.15, -0.1) is 0 Å². The van der Waals surface area contributed by atoms with Crippen molar-refractivity contribution in [1.82, 2.24) is 0 Å². The smallest absolute Gasteiger partial charge is 0.0796 e. The summed E-state index contributed by atoms with van der Waals surface area (Å²) in [7, 11) is 0. The predicted molar refractivity (Wildman–Crippen MR) is 131 cm³/mol. The summed E-state index contributed by atoms with van der Waals surface area (Å²) in [6, 6.07) is 10.2. The van der Waals surface area contributed by atoms with Crippen molar-refractivity contribution in [3.05, 3.63) is 35.9 Å². The minimum Gasteiger partial charge on any atom is -0.396 e. The molecule has 1 aromatic carbocycles. The third-order valence-corrected chi connectivity index (χ3v) is 5.29. The molecule has 1 atom stereocenters. The van der Waals surface area contributed by atoms with Crippen LogP contribution in [0.3, 0.4) is 0 Å². The summed E-state index contributed by atoms with van der Waals surface area (Å²) >= 11 is 0. The lowest BCUT2D eigenvalue weighted by molar-refractivity contribution is -0.109. The molecule has 0 saturated carbocycles. The van der Waals surface area contributed by atoms with Crippen molar-refractivity contribution in [2.75, 3.05) is 79.3 Å². The fourth-order valence-corrected chi connectivity index (χ4v) is 3.29. The maximum absolute atomic E-state index is 9.03. The van der Waals surface area contributed by atoms with Gasteiger partial charge in [-0.3, -0.25) is 0 Å². The largest absolute Gasteiger partial charge is 0.396 e. The van der Waals surface area contributed by atoms with Crippen molar-refractivity contribution in [3.8, 4) is 0 Å². The molecule has 34 heavy (non-hydrogen) atoms. The van der Waals surface area contributed by atoms with E-state index in [-0.39, 0.29) is 25.9 Å². The van der Waals surface area contributed by atoms with Gasteiger partial charge in [0.05, 0.1) is 37.9 Å². The summed E-state index contributed by atoms with van der Waals surface area (Å²) in [6.45, 7) is 6.44. The molecule has 0 heterocycles. The zero-order valence-corrected chi connectivity index (χ0v) is 20.9. The van der Waals surface area contributed by atoms with E-state index >= 15 is 0 Å². The van der Waals surface area contributed by atoms with Gasteiger partial charge in [-0.1, -0.05) is 30.3 Å². The monoisotopic (exact) mass is 486 g/mol. The molecule has 0 saturated heterocycles. The first-order valence-electron chi connectivity index (χ1n) is 12.5. The van der Waals surface area contributed by atoms with E-state index in [9.17, 15) is 0 Å². The van der Waals surface area contributed by atoms with Gasteiger partial charge in [0.15, 0.2) is 0 Å². The van der Waals surface area contributed by atoms with Crippen LogP contribution in [-0.2, 0) is 23.7 Å². The van der Waals surface area contributed by atoms with Crippen LogP contribution < -0.4 is 0 Å². The summed E-state index contributed by atoms with van der Waals surface area (Å²) in [4.78, 5) is 0. The first-order chi connectivity index (χ1) is 16.7. The lowest BCUT2D eigenvalue weighted by Crippen LogP contribution is -2.42. The second-order valence-electron chi connectivity index (χ2n) is 8.57. The Morgan fingerprint density at radius 1 is 0.618 bits per heavy atom. The molecular weight excluding hydrogens is 440 g/mol. The van der Waals surface area contributed by atoms with Crippen molar-refractivity contribution >= 4 is 0 Å². The second-order valence-corrected chi connectivity index (χ2v) is 8.57. The molecule has 198 valence electrons. The molecule has 0 bridgehead atoms. The maximum atomic E-state index is 9.03. The summed E-state index contributed by atoms with van der Waals surface area (Å²) in [5.41, 5.74) is 0.672. The molecule has 1 unspecified atom stereocenters. The summed E-state index contributed by atoms with van der Waals surface area (Å²) in [6.07, 6.45) is 3.54. The highest BCUT2D eigenvalue weighted by molar-refractivity contribution is 5.16. The Kier molecular flexibility index (Phi) is 19.3. The molecule has 0 aromatic heterocycles. The zero-order valence-electron chi connectivity index (χ0n) is 20.9. The molecule has 0 spiro atoms. The fraction of sp³-hybridized carbons (Fsp3) is 0.769. The van der Waals surface area contributed by atoms with E-state index in [1.165, 1.54) is 5.56 Å². The van der Waals surface area contributed by atoms with Crippen LogP contribution in [0, 0.1) is 5.41 Å². The molecule has 0 aliphatic rings. The van der Waals surface area contributed by atoms with E-state index in [4.69, 9.17) is 39.0 Å². The number of benzene rings is 1. The first kappa shape index (κ1) is 30.9. The standard InChI is InChI=1S/C26H46O8/c1-24(25-10-3-2-4-11-25)34-19-6-5-15-30-20-26(21-31-16-7-12-27,22-32-17-8-13-28)23-33-18-9-14-29/h2-4,10-11,24,27-29H,5-9,12-23H2,1H3. The average molecular weight is 487 g/mol. The number of aliphatic hydroxyl groups excluding tert-OH is 3. The summed E-state index contributed by atoms with van der Waals surface area (Å²) in [5, 5.41) is 27.1. The third kappa shape index (κ3) is 15.0. The normalized spacial score (nSPS) is 12.8. The Bertz CT molecular complexity index is 526. The number of rotatable bonds is 24. The van der Waals surface area contributed by atoms with Gasteiger partial charge in [0.2, 0.25) is 0 Å². The highest BCUT2D eigenvalue weighted by Gasteiger charge is 2.32. The van der Waals surface area contributed by atoms with Crippen LogP contribution in [0.2, 0.25) is 0 Å². The van der Waals surface area contributed by atoms with E-state index in [0.717, 1.165) is 12.8 Å². The van der Waals surface area contributed by atoms with Crippen LogP contribution in [0.1, 0.15) is 50.7 Å². The van der Waals surface area contributed by atoms with Crippen molar-refractivity contribution in [1.29, 1.82) is 0 Å². The number of hydrogen-bond donors (Lipinski definition) is 3. The first-order valence-corrected chi connectivity index (χ1v) is 12.5. The molecule has 1 rings (SSSR count). The van der Waals surface area contributed by atoms with E-state index in [2.05, 4.69) is 19.1 Å². The molecule has 8 nitrogen and oxygen atoms in total. The Morgan fingerprint density at radius 3 is 1.47 bits per heavy atom. The Balaban J connectivity index is 2.45. The van der Waals surface area contributed by atoms with Crippen LogP contribution in [0.15, 0.2) is 30.3 Å². The van der Waals surface area contributed by atoms with Crippen LogP contribution in [0.5, 0.6) is 0 Å². The van der Waals surface area contributed by atoms with Gasteiger partial charge < -0.3 is 39.0 Å². The van der Waals surface area contributed by atoms with Gasteiger partial charge in [-0.2, -0.15) is 0 Å². The maximum Gasteiger partial charge on any atom is 0.0796 e. The molecule has 8 heteroatoms. The second kappa shape index (κ2) is 21.2. The van der Waals surface area contributed by atoms with Gasteiger partial charge in [0.1, 0.15) is 0 Å². The topological polar surface area (TPSA) is 107 Å². The van der Waals surface area contributed by atoms with E-state index in [1.54, 1.807) is 0 Å². The number of ether oxygens (including phenoxy) is 5. The van der Waals surface area contributed by atoms with Gasteiger partial charge in [0.25, 0.3) is 0 Å². The third-order valence-electron chi connectivity index (χ3n) is 5.29. The molecule has 0 aliphatic heterocycles. The van der Waals surface area contributed by atoms with Crippen LogP contribution >= 0.6 is 0 Å². The van der Waals surface area contributed by atoms with Gasteiger partial charge in [-0.05, 0) is 44.6 Å². The summed E-state index contributed by atoms with van der Waals surface area (Å²) in [5.74, 6) is 0. The number of hydrogen-bond acceptors (Lipinski definition) is 8. The average Bonchev–Trinajstić information content (AvgIpc) is 2.87. The van der Waals surface area contributed by atoms with E-state index < -0.39 is 5.41 Å². The van der Waals surface area contributed by atoms with Crippen molar-refractivity contribution < 1.29 is 39.0 Å². The molecule has 0 radical (unpaired) electrons.